The molecule has 1 aromatic carbocycles. The fraction of sp³-hybridized carbons (Fsp3) is 0.500. The lowest BCUT2D eigenvalue weighted by atomic mass is 10.1. The number of benzene rings is 1. The number of nitrogens with one attached hydrogen (secondary N) is 2. The number of rotatable bonds is 5. The van der Waals surface area contributed by atoms with Gasteiger partial charge in [0.1, 0.15) is 0 Å². The van der Waals surface area contributed by atoms with Crippen LogP contribution in [0.3, 0.4) is 0 Å². The SMILES string of the molecule is Cl.O=C(Cc1cccc(Br)c1)NCCN1CCNCC1. The van der Waals surface area contributed by atoms with E-state index in [1.54, 1.807) is 0 Å². The minimum Gasteiger partial charge on any atom is -0.355 e. The second kappa shape index (κ2) is 9.34. The Kier molecular flexibility index (Phi) is 8.14. The first-order valence-corrected chi connectivity index (χ1v) is 7.47. The maximum absolute atomic E-state index is 11.8. The van der Waals surface area contributed by atoms with Crippen molar-refractivity contribution in [3.8, 4) is 0 Å². The third-order valence-electron chi connectivity index (χ3n) is 3.21. The van der Waals surface area contributed by atoms with Gasteiger partial charge in [-0.3, -0.25) is 9.69 Å². The van der Waals surface area contributed by atoms with Crippen LogP contribution in [0.15, 0.2) is 28.7 Å². The van der Waals surface area contributed by atoms with Gasteiger partial charge in [-0.1, -0.05) is 28.1 Å². The average molecular weight is 363 g/mol. The smallest absolute Gasteiger partial charge is 0.224 e. The van der Waals surface area contributed by atoms with Gasteiger partial charge in [0.25, 0.3) is 0 Å². The van der Waals surface area contributed by atoms with Crippen LogP contribution in [-0.4, -0.2) is 50.1 Å². The standard InChI is InChI=1S/C14H20BrN3O.ClH/c15-13-3-1-2-12(10-13)11-14(19)17-6-9-18-7-4-16-5-8-18;/h1-3,10,16H,4-9,11H2,(H,17,19);1H. The second-order valence-corrected chi connectivity index (χ2v) is 5.66. The molecule has 0 spiro atoms. The topological polar surface area (TPSA) is 44.4 Å². The van der Waals surface area contributed by atoms with Crippen LogP contribution in [0.5, 0.6) is 0 Å². The second-order valence-electron chi connectivity index (χ2n) is 4.75. The summed E-state index contributed by atoms with van der Waals surface area (Å²) in [4.78, 5) is 14.2. The van der Waals surface area contributed by atoms with Crippen molar-refractivity contribution in [2.24, 2.45) is 0 Å². The van der Waals surface area contributed by atoms with E-state index in [0.29, 0.717) is 6.42 Å². The molecule has 0 aliphatic carbocycles. The third-order valence-corrected chi connectivity index (χ3v) is 3.71. The van der Waals surface area contributed by atoms with Gasteiger partial charge in [-0.25, -0.2) is 0 Å². The fourth-order valence-electron chi connectivity index (χ4n) is 2.18. The first-order valence-electron chi connectivity index (χ1n) is 6.68. The third kappa shape index (κ3) is 6.22. The summed E-state index contributed by atoms with van der Waals surface area (Å²) in [5, 5.41) is 6.30. The Morgan fingerprint density at radius 1 is 1.35 bits per heavy atom. The highest BCUT2D eigenvalue weighted by Gasteiger charge is 2.09. The molecule has 6 heteroatoms. The molecule has 112 valence electrons. The number of hydrogen-bond donors (Lipinski definition) is 2. The Balaban J connectivity index is 0.00000200. The minimum atomic E-state index is 0. The summed E-state index contributed by atoms with van der Waals surface area (Å²) >= 11 is 3.41. The maximum Gasteiger partial charge on any atom is 0.224 e. The molecule has 0 aromatic heterocycles. The van der Waals surface area contributed by atoms with Crippen LogP contribution in [0.2, 0.25) is 0 Å². The molecule has 0 saturated carbocycles. The number of piperazine rings is 1. The van der Waals surface area contributed by atoms with Crippen molar-refractivity contribution in [3.63, 3.8) is 0 Å². The summed E-state index contributed by atoms with van der Waals surface area (Å²) in [5.74, 6) is 0.0910. The Morgan fingerprint density at radius 2 is 2.10 bits per heavy atom. The van der Waals surface area contributed by atoms with E-state index in [9.17, 15) is 4.79 Å². The Hall–Kier alpha value is -0.620. The number of carbonyl (C=O) groups excluding carboxylic acids is 1. The molecule has 4 nitrogen and oxygen atoms in total. The van der Waals surface area contributed by atoms with Gasteiger partial charge in [-0.15, -0.1) is 12.4 Å². The van der Waals surface area contributed by atoms with Crippen molar-refractivity contribution in [1.29, 1.82) is 0 Å². The van der Waals surface area contributed by atoms with Crippen molar-refractivity contribution in [2.75, 3.05) is 39.3 Å². The zero-order valence-corrected chi connectivity index (χ0v) is 13.8. The summed E-state index contributed by atoms with van der Waals surface area (Å²) in [6.07, 6.45) is 0.445. The molecule has 1 aliphatic heterocycles. The van der Waals surface area contributed by atoms with Crippen LogP contribution < -0.4 is 10.6 Å². The molecule has 1 amide bonds. The quantitative estimate of drug-likeness (QED) is 0.833. The molecule has 2 N–H and O–H groups in total. The molecule has 20 heavy (non-hydrogen) atoms. The molecular weight excluding hydrogens is 342 g/mol. The van der Waals surface area contributed by atoms with E-state index in [1.807, 2.05) is 24.3 Å². The van der Waals surface area contributed by atoms with Crippen LogP contribution in [0.25, 0.3) is 0 Å². The zero-order chi connectivity index (χ0) is 13.5. The Morgan fingerprint density at radius 3 is 2.80 bits per heavy atom. The summed E-state index contributed by atoms with van der Waals surface area (Å²) in [7, 11) is 0. The maximum atomic E-state index is 11.8. The molecule has 0 bridgehead atoms. The highest BCUT2D eigenvalue weighted by Crippen LogP contribution is 2.11. The van der Waals surface area contributed by atoms with Gasteiger partial charge in [-0.2, -0.15) is 0 Å². The lowest BCUT2D eigenvalue weighted by Gasteiger charge is -2.27. The van der Waals surface area contributed by atoms with Crippen LogP contribution in [-0.2, 0) is 11.2 Å². The Labute approximate surface area is 134 Å². The van der Waals surface area contributed by atoms with Crippen molar-refractivity contribution in [2.45, 2.75) is 6.42 Å². The number of hydrogen-bond acceptors (Lipinski definition) is 3. The zero-order valence-electron chi connectivity index (χ0n) is 11.4. The van der Waals surface area contributed by atoms with Crippen molar-refractivity contribution >= 4 is 34.2 Å². The lowest BCUT2D eigenvalue weighted by molar-refractivity contribution is -0.120. The van der Waals surface area contributed by atoms with Crippen molar-refractivity contribution in [3.05, 3.63) is 34.3 Å². The van der Waals surface area contributed by atoms with Gasteiger partial charge in [0, 0.05) is 43.7 Å². The van der Waals surface area contributed by atoms with E-state index in [1.165, 1.54) is 0 Å². The fourth-order valence-corrected chi connectivity index (χ4v) is 2.63. The van der Waals surface area contributed by atoms with E-state index >= 15 is 0 Å². The minimum absolute atomic E-state index is 0. The predicted molar refractivity (Wildman–Crippen MR) is 87.4 cm³/mol. The molecular formula is C14H21BrClN3O. The molecule has 1 aliphatic rings. The largest absolute Gasteiger partial charge is 0.355 e. The van der Waals surface area contributed by atoms with Gasteiger partial charge < -0.3 is 10.6 Å². The van der Waals surface area contributed by atoms with Crippen molar-refractivity contribution in [1.82, 2.24) is 15.5 Å². The predicted octanol–water partition coefficient (Wildman–Crippen LogP) is 1.43. The highest BCUT2D eigenvalue weighted by molar-refractivity contribution is 9.10. The van der Waals surface area contributed by atoms with Crippen LogP contribution in [0.1, 0.15) is 5.56 Å². The lowest BCUT2D eigenvalue weighted by Crippen LogP contribution is -2.46. The van der Waals surface area contributed by atoms with E-state index in [0.717, 1.165) is 49.3 Å². The number of nitrogens with zero attached hydrogens (tertiary/aromatic N) is 1. The number of halogens is 2. The van der Waals surface area contributed by atoms with Crippen LogP contribution in [0.4, 0.5) is 0 Å². The molecule has 0 unspecified atom stereocenters. The van der Waals surface area contributed by atoms with Crippen LogP contribution >= 0.6 is 28.3 Å². The monoisotopic (exact) mass is 361 g/mol. The van der Waals surface area contributed by atoms with Gasteiger partial charge >= 0.3 is 0 Å². The molecule has 1 saturated heterocycles. The van der Waals surface area contributed by atoms with Gasteiger partial charge in [-0.05, 0) is 17.7 Å². The molecule has 1 aromatic rings. The summed E-state index contributed by atoms with van der Waals surface area (Å²) in [6, 6.07) is 7.87. The number of amides is 1. The van der Waals surface area contributed by atoms with Gasteiger partial charge in [0.2, 0.25) is 5.91 Å². The highest BCUT2D eigenvalue weighted by atomic mass is 79.9. The first kappa shape index (κ1) is 17.4. The summed E-state index contributed by atoms with van der Waals surface area (Å²) in [6.45, 7) is 5.90. The summed E-state index contributed by atoms with van der Waals surface area (Å²) in [5.41, 5.74) is 1.04. The average Bonchev–Trinajstić information content (AvgIpc) is 2.40. The molecule has 1 heterocycles. The van der Waals surface area contributed by atoms with E-state index in [-0.39, 0.29) is 18.3 Å². The molecule has 0 atom stereocenters. The molecule has 2 rings (SSSR count). The van der Waals surface area contributed by atoms with Crippen molar-refractivity contribution < 1.29 is 4.79 Å². The summed E-state index contributed by atoms with van der Waals surface area (Å²) < 4.78 is 1.01. The van der Waals surface area contributed by atoms with Crippen LogP contribution in [0, 0.1) is 0 Å². The number of carbonyl (C=O) groups is 1. The van der Waals surface area contributed by atoms with Gasteiger partial charge in [0.05, 0.1) is 6.42 Å². The van der Waals surface area contributed by atoms with Gasteiger partial charge in [0.15, 0.2) is 0 Å². The normalized spacial score (nSPS) is 15.4. The molecule has 1 fully saturated rings. The first-order chi connectivity index (χ1) is 9.24. The van der Waals surface area contributed by atoms with E-state index in [4.69, 9.17) is 0 Å². The Bertz CT molecular complexity index is 425. The van der Waals surface area contributed by atoms with E-state index < -0.39 is 0 Å². The van der Waals surface area contributed by atoms with E-state index in [2.05, 4.69) is 31.5 Å². The molecule has 0 radical (unpaired) electrons.